The number of carboxylic acid groups (broad SMARTS) is 1. The highest BCUT2D eigenvalue weighted by Gasteiger charge is 2.78. The zero-order valence-electron chi connectivity index (χ0n) is 31.7. The van der Waals surface area contributed by atoms with Gasteiger partial charge in [0.05, 0.1) is 37.9 Å². The number of aliphatic hydroxyl groups excluding tert-OH is 1. The maximum Gasteiger partial charge on any atom is 0.335 e. The Kier molecular flexibility index (Phi) is 11.9. The van der Waals surface area contributed by atoms with Crippen molar-refractivity contribution in [2.24, 2.45) is 34.0 Å². The van der Waals surface area contributed by atoms with Gasteiger partial charge in [0.15, 0.2) is 17.5 Å². The fraction of sp³-hybridized carbons (Fsp3) is 0.658. The molecule has 2 aliphatic carbocycles. The Hall–Kier alpha value is -4.57. The highest BCUT2D eigenvalue weighted by molar-refractivity contribution is 5.97. The fourth-order valence-corrected chi connectivity index (χ4v) is 9.23. The van der Waals surface area contributed by atoms with Crippen LogP contribution in [0, 0.1) is 34.0 Å². The molecule has 3 N–H and O–H groups in total. The molecule has 0 radical (unpaired) electrons. The minimum atomic E-state index is -2.68. The van der Waals surface area contributed by atoms with Crippen molar-refractivity contribution in [3.05, 3.63) is 36.3 Å². The van der Waals surface area contributed by atoms with Gasteiger partial charge in [0.1, 0.15) is 30.8 Å². The maximum absolute atomic E-state index is 14.4. The Morgan fingerprint density at radius 1 is 1.04 bits per heavy atom. The van der Waals surface area contributed by atoms with Gasteiger partial charge in [0.25, 0.3) is 0 Å². The standard InChI is InChI=1S/C38H50O16/c1-10-18(2)31(44)34(47)54-32-29(33(45)46)30(19(3)38(48)24(41)13-23(36(32,38)7)22-11-12-50-16-22)37(8)25(52-21(5)40)14-27(42)53-26(17-51-20(4)39)35(37,6)15-28(43)49-9/h11-12,16,18,23,25-26,29-32,44,48H,3,10,13-15,17H2,1-2,4-9H3,(H,45,46). The van der Waals surface area contributed by atoms with Gasteiger partial charge in [0, 0.05) is 42.9 Å². The summed E-state index contributed by atoms with van der Waals surface area (Å²) in [5, 5.41) is 35.4. The van der Waals surface area contributed by atoms with E-state index in [1.165, 1.54) is 39.4 Å². The van der Waals surface area contributed by atoms with E-state index in [1.54, 1.807) is 13.8 Å². The molecule has 3 aliphatic rings. The molecule has 54 heavy (non-hydrogen) atoms. The lowest BCUT2D eigenvalue weighted by Crippen LogP contribution is -2.71. The van der Waals surface area contributed by atoms with Gasteiger partial charge in [-0.05, 0) is 23.1 Å². The molecule has 1 aromatic rings. The number of carbonyl (C=O) groups is 7. The molecule has 12 atom stereocenters. The molecule has 16 nitrogen and oxygen atoms in total. The number of cyclic esters (lactones) is 1. The first kappa shape index (κ1) is 42.2. The van der Waals surface area contributed by atoms with Crippen molar-refractivity contribution in [3.63, 3.8) is 0 Å². The molecule has 4 rings (SSSR count). The molecular formula is C38H50O16. The molecule has 2 saturated carbocycles. The predicted octanol–water partition coefficient (Wildman–Crippen LogP) is 2.67. The van der Waals surface area contributed by atoms with Crippen LogP contribution in [0.3, 0.4) is 0 Å². The van der Waals surface area contributed by atoms with Crippen molar-refractivity contribution in [1.82, 2.24) is 0 Å². The Morgan fingerprint density at radius 2 is 1.69 bits per heavy atom. The van der Waals surface area contributed by atoms with E-state index in [0.717, 1.165) is 21.0 Å². The van der Waals surface area contributed by atoms with Crippen LogP contribution in [-0.4, -0.2) is 101 Å². The van der Waals surface area contributed by atoms with E-state index in [0.29, 0.717) is 12.0 Å². The quantitative estimate of drug-likeness (QED) is 0.158. The van der Waals surface area contributed by atoms with Gasteiger partial charge >= 0.3 is 35.8 Å². The number of fused-ring (bicyclic) bond motifs is 1. The second-order valence-electron chi connectivity index (χ2n) is 15.3. The first-order valence-electron chi connectivity index (χ1n) is 17.7. The number of hydrogen-bond acceptors (Lipinski definition) is 15. The lowest BCUT2D eigenvalue weighted by atomic mass is 9.42. The normalized spacial score (nSPS) is 36.1. The molecule has 0 bridgehead atoms. The highest BCUT2D eigenvalue weighted by atomic mass is 16.6. The average molecular weight is 763 g/mol. The van der Waals surface area contributed by atoms with Gasteiger partial charge in [0.2, 0.25) is 0 Å². The van der Waals surface area contributed by atoms with Crippen LogP contribution in [0.15, 0.2) is 35.2 Å². The Balaban J connectivity index is 2.15. The molecule has 1 aliphatic heterocycles. The molecule has 16 heteroatoms. The summed E-state index contributed by atoms with van der Waals surface area (Å²) in [5.41, 5.74) is -8.68. The Labute approximate surface area is 312 Å². The molecule has 298 valence electrons. The van der Waals surface area contributed by atoms with Crippen molar-refractivity contribution >= 4 is 41.6 Å². The summed E-state index contributed by atoms with van der Waals surface area (Å²) in [6, 6.07) is 1.52. The summed E-state index contributed by atoms with van der Waals surface area (Å²) in [6.07, 6.45) is -5.72. The number of carbonyl (C=O) groups excluding carboxylic acids is 6. The summed E-state index contributed by atoms with van der Waals surface area (Å²) in [5.74, 6) is -12.7. The SMILES string of the molecule is C=C1C(C2(C)C(OC(C)=O)CC(=O)OC(COC(C)=O)C2(C)CC(=O)OC)C(C(=O)O)C(OC(=O)C(O)C(C)CC)C2(C)C(c3ccoc3)CC(=O)C12O. The van der Waals surface area contributed by atoms with E-state index < -0.39 is 137 Å². The fourth-order valence-electron chi connectivity index (χ4n) is 9.23. The molecule has 12 unspecified atom stereocenters. The van der Waals surface area contributed by atoms with E-state index in [9.17, 15) is 48.9 Å². The van der Waals surface area contributed by atoms with Crippen LogP contribution in [0.4, 0.5) is 0 Å². The largest absolute Gasteiger partial charge is 0.481 e. The topological polar surface area (TPSA) is 239 Å². The molecule has 0 spiro atoms. The van der Waals surface area contributed by atoms with Gasteiger partial charge < -0.3 is 43.4 Å². The molecule has 2 heterocycles. The third kappa shape index (κ3) is 6.60. The van der Waals surface area contributed by atoms with Crippen molar-refractivity contribution in [2.45, 2.75) is 110 Å². The third-order valence-corrected chi connectivity index (χ3v) is 12.7. The number of Topliss-reactive ketones (excluding diaryl/α,β-unsaturated/α-hetero) is 1. The van der Waals surface area contributed by atoms with Gasteiger partial charge in [-0.25, -0.2) is 4.79 Å². The van der Waals surface area contributed by atoms with E-state index >= 15 is 0 Å². The monoisotopic (exact) mass is 762 g/mol. The molecule has 1 aromatic heterocycles. The third-order valence-electron chi connectivity index (χ3n) is 12.7. The summed E-state index contributed by atoms with van der Waals surface area (Å²) >= 11 is 0. The smallest absolute Gasteiger partial charge is 0.335 e. The minimum Gasteiger partial charge on any atom is -0.481 e. The maximum atomic E-state index is 14.4. The lowest BCUT2D eigenvalue weighted by molar-refractivity contribution is -0.231. The molecule has 0 amide bonds. The van der Waals surface area contributed by atoms with E-state index in [4.69, 9.17) is 28.1 Å². The molecule has 1 saturated heterocycles. The molecule has 3 fully saturated rings. The van der Waals surface area contributed by atoms with Crippen LogP contribution < -0.4 is 0 Å². The van der Waals surface area contributed by atoms with Crippen LogP contribution in [0.25, 0.3) is 0 Å². The number of aliphatic hydroxyl groups is 2. The van der Waals surface area contributed by atoms with Crippen molar-refractivity contribution in [1.29, 1.82) is 0 Å². The van der Waals surface area contributed by atoms with Crippen LogP contribution in [-0.2, 0) is 57.2 Å². The van der Waals surface area contributed by atoms with E-state index in [2.05, 4.69) is 6.58 Å². The summed E-state index contributed by atoms with van der Waals surface area (Å²) < 4.78 is 33.2. The summed E-state index contributed by atoms with van der Waals surface area (Å²) in [7, 11) is 1.08. The second-order valence-corrected chi connectivity index (χ2v) is 15.3. The van der Waals surface area contributed by atoms with Crippen LogP contribution in [0.2, 0.25) is 0 Å². The van der Waals surface area contributed by atoms with Crippen LogP contribution in [0.1, 0.15) is 85.6 Å². The Morgan fingerprint density at radius 3 is 2.20 bits per heavy atom. The number of esters is 5. The number of ether oxygens (including phenoxy) is 5. The number of hydrogen-bond donors (Lipinski definition) is 3. The van der Waals surface area contributed by atoms with Crippen LogP contribution >= 0.6 is 0 Å². The van der Waals surface area contributed by atoms with E-state index in [-0.39, 0.29) is 5.57 Å². The predicted molar refractivity (Wildman–Crippen MR) is 183 cm³/mol. The zero-order chi connectivity index (χ0) is 40.7. The average Bonchev–Trinajstić information content (AvgIpc) is 3.69. The lowest BCUT2D eigenvalue weighted by Gasteiger charge is -2.62. The first-order valence-corrected chi connectivity index (χ1v) is 17.7. The van der Waals surface area contributed by atoms with Gasteiger partial charge in [-0.2, -0.15) is 0 Å². The zero-order valence-corrected chi connectivity index (χ0v) is 31.7. The van der Waals surface area contributed by atoms with Crippen LogP contribution in [0.5, 0.6) is 0 Å². The first-order chi connectivity index (χ1) is 25.1. The number of rotatable bonds is 12. The van der Waals surface area contributed by atoms with Gasteiger partial charge in [-0.15, -0.1) is 0 Å². The minimum absolute atomic E-state index is 0.325. The van der Waals surface area contributed by atoms with Crippen molar-refractivity contribution in [2.75, 3.05) is 13.7 Å². The van der Waals surface area contributed by atoms with Crippen molar-refractivity contribution in [3.8, 4) is 0 Å². The summed E-state index contributed by atoms with van der Waals surface area (Å²) in [6.45, 7) is 13.1. The summed E-state index contributed by atoms with van der Waals surface area (Å²) in [4.78, 5) is 94.0. The number of ketones is 1. The van der Waals surface area contributed by atoms with Gasteiger partial charge in [-0.3, -0.25) is 28.8 Å². The molecule has 0 aromatic carbocycles. The van der Waals surface area contributed by atoms with E-state index in [1.807, 2.05) is 0 Å². The number of carboxylic acids is 1. The number of furan rings is 1. The Bertz CT molecular complexity index is 1680. The molecular weight excluding hydrogens is 712 g/mol. The second kappa shape index (κ2) is 15.3. The number of aliphatic carboxylic acids is 1. The number of methoxy groups -OCH3 is 1. The van der Waals surface area contributed by atoms with Gasteiger partial charge in [-0.1, -0.05) is 47.6 Å². The van der Waals surface area contributed by atoms with Crippen molar-refractivity contribution < 1.29 is 77.0 Å². The highest BCUT2D eigenvalue weighted by Crippen LogP contribution is 2.70.